The minimum Gasteiger partial charge on any atom is -0.418 e. The van der Waals surface area contributed by atoms with E-state index >= 15 is 0 Å². The molecular weight excluding hydrogens is 345 g/mol. The maximum Gasteiger partial charge on any atom is 0.384 e. The van der Waals surface area contributed by atoms with E-state index in [-0.39, 0.29) is 16.4 Å². The second kappa shape index (κ2) is 7.84. The molecular formula is C11H18N5O5PS. The molecule has 1 aromatic rings. The average molecular weight is 363 g/mol. The summed E-state index contributed by atoms with van der Waals surface area (Å²) >= 11 is 4.64. The minimum absolute atomic E-state index is 0.000821. The fourth-order valence-corrected chi connectivity index (χ4v) is 3.11. The number of aromatic nitrogens is 1. The number of anilines is 1. The van der Waals surface area contributed by atoms with Crippen LogP contribution in [-0.4, -0.2) is 56.8 Å². The van der Waals surface area contributed by atoms with Crippen LogP contribution in [0.4, 0.5) is 5.88 Å². The van der Waals surface area contributed by atoms with Crippen LogP contribution in [0.1, 0.15) is 5.89 Å². The zero-order valence-electron chi connectivity index (χ0n) is 12.7. The first-order valence-corrected chi connectivity index (χ1v) is 8.59. The highest BCUT2D eigenvalue weighted by Gasteiger charge is 2.36. The number of hydrogen-bond acceptors (Lipinski definition) is 9. The van der Waals surface area contributed by atoms with Gasteiger partial charge < -0.3 is 28.8 Å². The van der Waals surface area contributed by atoms with E-state index in [1.54, 1.807) is 0 Å². The molecule has 23 heavy (non-hydrogen) atoms. The maximum atomic E-state index is 12.7. The molecule has 3 N–H and O–H groups in total. The zero-order valence-corrected chi connectivity index (χ0v) is 14.4. The van der Waals surface area contributed by atoms with E-state index < -0.39 is 7.60 Å². The van der Waals surface area contributed by atoms with Gasteiger partial charge in [-0.15, -0.1) is 0 Å². The van der Waals surface area contributed by atoms with Crippen LogP contribution in [0.15, 0.2) is 9.52 Å². The number of nitrogens with zero attached hydrogens (tertiary/aromatic N) is 3. The van der Waals surface area contributed by atoms with Gasteiger partial charge in [-0.05, 0) is 12.2 Å². The molecule has 0 amide bonds. The molecule has 10 nitrogen and oxygen atoms in total. The van der Waals surface area contributed by atoms with Crippen molar-refractivity contribution in [2.75, 3.05) is 45.4 Å². The van der Waals surface area contributed by atoms with Crippen molar-refractivity contribution in [1.82, 2.24) is 10.4 Å². The Balaban J connectivity index is 2.36. The van der Waals surface area contributed by atoms with Gasteiger partial charge in [0.1, 0.15) is 6.21 Å². The summed E-state index contributed by atoms with van der Waals surface area (Å²) < 4.78 is 33.6. The third-order valence-electron chi connectivity index (χ3n) is 3.00. The van der Waals surface area contributed by atoms with Crippen LogP contribution in [0.25, 0.3) is 0 Å². The molecule has 1 fully saturated rings. The monoisotopic (exact) mass is 363 g/mol. The number of ether oxygens (including phenoxy) is 1. The first-order chi connectivity index (χ1) is 11.0. The first-order valence-electron chi connectivity index (χ1n) is 6.64. The third kappa shape index (κ3) is 4.27. The van der Waals surface area contributed by atoms with Crippen LogP contribution in [0.5, 0.6) is 0 Å². The predicted molar refractivity (Wildman–Crippen MR) is 88.3 cm³/mol. The van der Waals surface area contributed by atoms with Crippen molar-refractivity contribution < 1.29 is 22.8 Å². The van der Waals surface area contributed by atoms with E-state index in [2.05, 4.69) is 27.7 Å². The largest absolute Gasteiger partial charge is 0.418 e. The summed E-state index contributed by atoms with van der Waals surface area (Å²) in [5, 5.41) is 3.76. The van der Waals surface area contributed by atoms with Crippen molar-refractivity contribution in [2.24, 2.45) is 10.8 Å². The van der Waals surface area contributed by atoms with Crippen LogP contribution < -0.4 is 21.5 Å². The van der Waals surface area contributed by atoms with Gasteiger partial charge in [-0.3, -0.25) is 9.99 Å². The van der Waals surface area contributed by atoms with E-state index in [9.17, 15) is 4.57 Å². The van der Waals surface area contributed by atoms with Gasteiger partial charge in [0, 0.05) is 27.3 Å². The lowest BCUT2D eigenvalue weighted by Gasteiger charge is -2.27. The molecule has 0 radical (unpaired) electrons. The van der Waals surface area contributed by atoms with E-state index in [1.807, 2.05) is 4.90 Å². The molecule has 0 aromatic carbocycles. The number of hydrazone groups is 1. The lowest BCUT2D eigenvalue weighted by Crippen LogP contribution is -2.38. The fourth-order valence-electron chi connectivity index (χ4n) is 1.92. The molecule has 0 atom stereocenters. The molecule has 128 valence electrons. The Morgan fingerprint density at radius 3 is 2.70 bits per heavy atom. The SMILES string of the molecule is COP(=O)(OC)c1nc(/C=N\NC(N)=S)oc1N1CCOCC1. The van der Waals surface area contributed by atoms with E-state index in [1.165, 1.54) is 20.4 Å². The highest BCUT2D eigenvalue weighted by molar-refractivity contribution is 7.80. The van der Waals surface area contributed by atoms with E-state index in [4.69, 9.17) is 23.9 Å². The normalized spacial score (nSPS) is 16.0. The quantitative estimate of drug-likeness (QED) is 0.303. The summed E-state index contributed by atoms with van der Waals surface area (Å²) in [5.74, 6) is 0.414. The number of oxazole rings is 1. The van der Waals surface area contributed by atoms with Crippen molar-refractivity contribution >= 4 is 42.5 Å². The summed E-state index contributed by atoms with van der Waals surface area (Å²) in [4.78, 5) is 6.02. The van der Waals surface area contributed by atoms with Crippen LogP contribution in [-0.2, 0) is 18.3 Å². The summed E-state index contributed by atoms with van der Waals surface area (Å²) in [7, 11) is -1.02. The Morgan fingerprint density at radius 2 is 2.13 bits per heavy atom. The Bertz CT molecular complexity index is 622. The van der Waals surface area contributed by atoms with Crippen LogP contribution >= 0.6 is 19.8 Å². The first kappa shape index (κ1) is 17.8. The molecule has 1 saturated heterocycles. The van der Waals surface area contributed by atoms with Crippen molar-refractivity contribution in [3.8, 4) is 0 Å². The van der Waals surface area contributed by atoms with Crippen molar-refractivity contribution in [3.63, 3.8) is 0 Å². The van der Waals surface area contributed by atoms with Gasteiger partial charge >= 0.3 is 7.60 Å². The summed E-state index contributed by atoms with van der Waals surface area (Å²) in [6.45, 7) is 2.18. The summed E-state index contributed by atoms with van der Waals surface area (Å²) in [6, 6.07) is 0. The van der Waals surface area contributed by atoms with Crippen molar-refractivity contribution in [3.05, 3.63) is 5.89 Å². The standard InChI is InChI=1S/C11H18N5O5PS/c1-18-22(17,19-2)9-10(16-3-5-20-6-4-16)21-8(14-9)7-13-15-11(12)23/h7H,3-6H2,1-2H3,(H3,12,15,23)/b13-7-. The number of rotatable bonds is 6. The highest BCUT2D eigenvalue weighted by Crippen LogP contribution is 2.47. The molecule has 0 spiro atoms. The number of hydrogen-bond donors (Lipinski definition) is 2. The molecule has 1 aliphatic rings. The van der Waals surface area contributed by atoms with Gasteiger partial charge in [0.15, 0.2) is 5.11 Å². The summed E-state index contributed by atoms with van der Waals surface area (Å²) in [5.41, 5.74) is 7.74. The number of nitrogens with one attached hydrogen (secondary N) is 1. The zero-order chi connectivity index (χ0) is 16.9. The Hall–Kier alpha value is -1.52. The molecule has 0 saturated carbocycles. The van der Waals surface area contributed by atoms with Crippen molar-refractivity contribution in [2.45, 2.75) is 0 Å². The maximum absolute atomic E-state index is 12.7. The highest BCUT2D eigenvalue weighted by atomic mass is 32.1. The second-order valence-electron chi connectivity index (χ2n) is 4.38. The molecule has 12 heteroatoms. The van der Waals surface area contributed by atoms with Crippen molar-refractivity contribution in [1.29, 1.82) is 0 Å². The van der Waals surface area contributed by atoms with Gasteiger partial charge in [-0.2, -0.15) is 10.1 Å². The Labute approximate surface area is 138 Å². The van der Waals surface area contributed by atoms with Gasteiger partial charge in [-0.1, -0.05) is 0 Å². The van der Waals surface area contributed by atoms with E-state index in [0.29, 0.717) is 32.2 Å². The van der Waals surface area contributed by atoms with E-state index in [0.717, 1.165) is 0 Å². The number of nitrogens with two attached hydrogens (primary N) is 1. The smallest absolute Gasteiger partial charge is 0.384 e. The average Bonchev–Trinajstić information content (AvgIpc) is 2.99. The van der Waals surface area contributed by atoms with Gasteiger partial charge in [0.05, 0.1) is 13.2 Å². The molecule has 0 aliphatic carbocycles. The summed E-state index contributed by atoms with van der Waals surface area (Å²) in [6.07, 6.45) is 1.27. The van der Waals surface area contributed by atoms with Crippen LogP contribution in [0, 0.1) is 0 Å². The number of thiocarbonyl (C=S) groups is 1. The van der Waals surface area contributed by atoms with Gasteiger partial charge in [-0.25, -0.2) is 0 Å². The lowest BCUT2D eigenvalue weighted by atomic mass is 10.4. The fraction of sp³-hybridized carbons (Fsp3) is 0.545. The lowest BCUT2D eigenvalue weighted by molar-refractivity contribution is 0.121. The Kier molecular flexibility index (Phi) is 6.08. The van der Waals surface area contributed by atoms with Gasteiger partial charge in [0.2, 0.25) is 17.2 Å². The molecule has 1 aliphatic heterocycles. The minimum atomic E-state index is -3.59. The Morgan fingerprint density at radius 1 is 1.48 bits per heavy atom. The molecule has 2 rings (SSSR count). The molecule has 2 heterocycles. The second-order valence-corrected chi connectivity index (χ2v) is 6.97. The number of morpholine rings is 1. The third-order valence-corrected chi connectivity index (χ3v) is 4.86. The predicted octanol–water partition coefficient (Wildman–Crippen LogP) is -0.210. The van der Waals surface area contributed by atoms with Crippen LogP contribution in [0.3, 0.4) is 0 Å². The molecule has 1 aromatic heterocycles. The van der Waals surface area contributed by atoms with Gasteiger partial charge in [0.25, 0.3) is 0 Å². The molecule has 0 bridgehead atoms. The topological polar surface area (TPSA) is 124 Å². The molecule has 0 unspecified atom stereocenters. The van der Waals surface area contributed by atoms with Crippen LogP contribution in [0.2, 0.25) is 0 Å².